The molecule has 1 saturated heterocycles. The van der Waals surface area contributed by atoms with E-state index >= 15 is 0 Å². The molecule has 1 aromatic rings. The van der Waals surface area contributed by atoms with E-state index in [1.54, 1.807) is 25.3 Å². The molecule has 0 radical (unpaired) electrons. The molecule has 100 valence electrons. The molecule has 1 aliphatic rings. The Hall–Kier alpha value is -2.02. The van der Waals surface area contributed by atoms with E-state index in [9.17, 15) is 9.59 Å². The van der Waals surface area contributed by atoms with Gasteiger partial charge in [0.1, 0.15) is 5.76 Å². The third kappa shape index (κ3) is 2.87. The lowest BCUT2D eigenvalue weighted by Gasteiger charge is -2.29. The van der Waals surface area contributed by atoms with Crippen LogP contribution in [0.3, 0.4) is 0 Å². The molecule has 0 unspecified atom stereocenters. The highest BCUT2D eigenvalue weighted by molar-refractivity contribution is 7.80. The lowest BCUT2D eigenvalue weighted by atomic mass is 10.1. The standard InChI is InChI=1S/C12H13N3O3S/c1-2-15-11(17)9(10(16)14-12(15)19)7-13-6-8-4-3-5-18-8/h3-5,7,9H,2,6H2,1H3,(H,14,16,19)/t9-/m0/s1. The van der Waals surface area contributed by atoms with Crippen LogP contribution < -0.4 is 5.32 Å². The first-order chi connectivity index (χ1) is 9.13. The Morgan fingerprint density at radius 2 is 2.37 bits per heavy atom. The van der Waals surface area contributed by atoms with E-state index in [-0.39, 0.29) is 11.0 Å². The van der Waals surface area contributed by atoms with Crippen LogP contribution in [0.5, 0.6) is 0 Å². The molecule has 0 aliphatic carbocycles. The van der Waals surface area contributed by atoms with Crippen molar-refractivity contribution in [2.24, 2.45) is 10.9 Å². The minimum absolute atomic E-state index is 0.146. The number of hydrogen-bond acceptors (Lipinski definition) is 5. The zero-order valence-electron chi connectivity index (χ0n) is 10.3. The molecule has 2 rings (SSSR count). The average molecular weight is 279 g/mol. The van der Waals surface area contributed by atoms with Crippen LogP contribution in [0.1, 0.15) is 12.7 Å². The number of furan rings is 1. The van der Waals surface area contributed by atoms with Gasteiger partial charge in [-0.15, -0.1) is 0 Å². The van der Waals surface area contributed by atoms with Crippen LogP contribution in [0.25, 0.3) is 0 Å². The number of amides is 2. The number of hydrogen-bond donors (Lipinski definition) is 1. The quantitative estimate of drug-likeness (QED) is 0.501. The molecule has 0 saturated carbocycles. The summed E-state index contributed by atoms with van der Waals surface area (Å²) in [7, 11) is 0. The van der Waals surface area contributed by atoms with E-state index in [1.165, 1.54) is 11.1 Å². The van der Waals surface area contributed by atoms with Gasteiger partial charge in [-0.2, -0.15) is 0 Å². The summed E-state index contributed by atoms with van der Waals surface area (Å²) in [6, 6.07) is 3.52. The van der Waals surface area contributed by atoms with E-state index in [0.717, 1.165) is 0 Å². The topological polar surface area (TPSA) is 74.9 Å². The highest BCUT2D eigenvalue weighted by Crippen LogP contribution is 2.09. The second kappa shape index (κ2) is 5.75. The Balaban J connectivity index is 2.05. The molecule has 1 aromatic heterocycles. The Kier molecular flexibility index (Phi) is 4.06. The fourth-order valence-corrected chi connectivity index (χ4v) is 2.03. The van der Waals surface area contributed by atoms with Gasteiger partial charge >= 0.3 is 0 Å². The van der Waals surface area contributed by atoms with Gasteiger partial charge in [0.2, 0.25) is 11.8 Å². The van der Waals surface area contributed by atoms with Crippen LogP contribution in [0, 0.1) is 5.92 Å². The van der Waals surface area contributed by atoms with Gasteiger partial charge in [0.25, 0.3) is 0 Å². The maximum Gasteiger partial charge on any atom is 0.246 e. The zero-order chi connectivity index (χ0) is 13.8. The molecule has 1 N–H and O–H groups in total. The maximum absolute atomic E-state index is 12.0. The molecule has 0 spiro atoms. The minimum atomic E-state index is -0.929. The summed E-state index contributed by atoms with van der Waals surface area (Å²) >= 11 is 4.92. The molecule has 7 heteroatoms. The van der Waals surface area contributed by atoms with Gasteiger partial charge in [0.05, 0.1) is 12.8 Å². The number of carbonyl (C=O) groups is 2. The molecule has 1 aliphatic heterocycles. The lowest BCUT2D eigenvalue weighted by Crippen LogP contribution is -2.58. The van der Waals surface area contributed by atoms with Gasteiger partial charge in [-0.05, 0) is 31.3 Å². The summed E-state index contributed by atoms with van der Waals surface area (Å²) in [5, 5.41) is 2.63. The van der Waals surface area contributed by atoms with E-state index in [4.69, 9.17) is 16.6 Å². The van der Waals surface area contributed by atoms with Gasteiger partial charge in [-0.3, -0.25) is 19.5 Å². The van der Waals surface area contributed by atoms with Gasteiger partial charge in [-0.25, -0.2) is 0 Å². The van der Waals surface area contributed by atoms with E-state index < -0.39 is 11.8 Å². The predicted octanol–water partition coefficient (Wildman–Crippen LogP) is 0.730. The van der Waals surface area contributed by atoms with Crippen molar-refractivity contribution >= 4 is 35.4 Å². The monoisotopic (exact) mass is 279 g/mol. The van der Waals surface area contributed by atoms with E-state index in [0.29, 0.717) is 18.8 Å². The first kappa shape index (κ1) is 13.4. The number of rotatable bonds is 4. The molecular weight excluding hydrogens is 266 g/mol. The maximum atomic E-state index is 12.0. The molecule has 2 heterocycles. The second-order valence-electron chi connectivity index (χ2n) is 3.92. The van der Waals surface area contributed by atoms with Gasteiger partial charge < -0.3 is 9.73 Å². The van der Waals surface area contributed by atoms with Crippen molar-refractivity contribution in [3.8, 4) is 0 Å². The molecular formula is C12H13N3O3S. The third-order valence-corrected chi connectivity index (χ3v) is 3.01. The van der Waals surface area contributed by atoms with Crippen molar-refractivity contribution in [1.29, 1.82) is 0 Å². The molecule has 1 atom stereocenters. The molecule has 2 amide bonds. The summed E-state index contributed by atoms with van der Waals surface area (Å²) in [5.74, 6) is -1.05. The summed E-state index contributed by atoms with van der Waals surface area (Å²) in [4.78, 5) is 29.2. The fraction of sp³-hybridized carbons (Fsp3) is 0.333. The summed E-state index contributed by atoms with van der Waals surface area (Å²) < 4.78 is 5.11. The largest absolute Gasteiger partial charge is 0.467 e. The SMILES string of the molecule is CCN1C(=O)[C@@H](C=NCc2ccco2)C(=O)NC1=S. The van der Waals surface area contributed by atoms with Crippen LogP contribution in [0.4, 0.5) is 0 Å². The Labute approximate surface area is 115 Å². The average Bonchev–Trinajstić information content (AvgIpc) is 2.86. The van der Waals surface area contributed by atoms with Crippen molar-refractivity contribution in [1.82, 2.24) is 10.2 Å². The van der Waals surface area contributed by atoms with Gasteiger partial charge in [0.15, 0.2) is 11.0 Å². The lowest BCUT2D eigenvalue weighted by molar-refractivity contribution is -0.137. The summed E-state index contributed by atoms with van der Waals surface area (Å²) in [6.45, 7) is 2.50. The number of carbonyl (C=O) groups excluding carboxylic acids is 2. The fourth-order valence-electron chi connectivity index (χ4n) is 1.71. The van der Waals surface area contributed by atoms with Crippen LogP contribution in [0.15, 0.2) is 27.8 Å². The van der Waals surface area contributed by atoms with E-state index in [1.807, 2.05) is 0 Å². The molecule has 0 aromatic carbocycles. The van der Waals surface area contributed by atoms with Gasteiger partial charge in [0, 0.05) is 12.8 Å². The Bertz CT molecular complexity index is 524. The Morgan fingerprint density at radius 1 is 1.58 bits per heavy atom. The zero-order valence-corrected chi connectivity index (χ0v) is 11.1. The third-order valence-electron chi connectivity index (χ3n) is 2.69. The number of nitrogens with one attached hydrogen (secondary N) is 1. The normalized spacial score (nSPS) is 20.2. The number of aliphatic imine (C=N–C) groups is 1. The molecule has 1 fully saturated rings. The first-order valence-electron chi connectivity index (χ1n) is 5.82. The highest BCUT2D eigenvalue weighted by Gasteiger charge is 2.36. The predicted molar refractivity (Wildman–Crippen MR) is 72.5 cm³/mol. The van der Waals surface area contributed by atoms with Crippen molar-refractivity contribution in [3.63, 3.8) is 0 Å². The number of thiocarbonyl (C=S) groups is 1. The van der Waals surface area contributed by atoms with Gasteiger partial charge in [-0.1, -0.05) is 0 Å². The highest BCUT2D eigenvalue weighted by atomic mass is 32.1. The molecule has 0 bridgehead atoms. The smallest absolute Gasteiger partial charge is 0.246 e. The number of nitrogens with zero attached hydrogens (tertiary/aromatic N) is 2. The van der Waals surface area contributed by atoms with E-state index in [2.05, 4.69) is 10.3 Å². The molecule has 19 heavy (non-hydrogen) atoms. The van der Waals surface area contributed by atoms with Crippen LogP contribution in [-0.4, -0.2) is 34.6 Å². The van der Waals surface area contributed by atoms with Crippen LogP contribution >= 0.6 is 12.2 Å². The van der Waals surface area contributed by atoms with Crippen LogP contribution in [0.2, 0.25) is 0 Å². The first-order valence-corrected chi connectivity index (χ1v) is 6.23. The van der Waals surface area contributed by atoms with Crippen molar-refractivity contribution in [2.45, 2.75) is 13.5 Å². The minimum Gasteiger partial charge on any atom is -0.467 e. The van der Waals surface area contributed by atoms with Crippen molar-refractivity contribution in [2.75, 3.05) is 6.54 Å². The summed E-state index contributed by atoms with van der Waals surface area (Å²) in [6.07, 6.45) is 2.88. The molecule has 6 nitrogen and oxygen atoms in total. The van der Waals surface area contributed by atoms with Crippen LogP contribution in [-0.2, 0) is 16.1 Å². The van der Waals surface area contributed by atoms with Crippen molar-refractivity contribution < 1.29 is 14.0 Å². The Morgan fingerprint density at radius 3 is 3.00 bits per heavy atom. The van der Waals surface area contributed by atoms with Crippen molar-refractivity contribution in [3.05, 3.63) is 24.2 Å². The summed E-state index contributed by atoms with van der Waals surface area (Å²) in [5.41, 5.74) is 0. The second-order valence-corrected chi connectivity index (χ2v) is 4.31.